The van der Waals surface area contributed by atoms with Crippen molar-refractivity contribution in [2.24, 2.45) is 0 Å². The minimum Gasteiger partial charge on any atom is -0.461 e. The van der Waals surface area contributed by atoms with Gasteiger partial charge in [-0.15, -0.1) is 0 Å². The van der Waals surface area contributed by atoms with Crippen molar-refractivity contribution in [1.29, 1.82) is 5.26 Å². The van der Waals surface area contributed by atoms with E-state index in [9.17, 15) is 4.79 Å². The predicted molar refractivity (Wildman–Crippen MR) is 62.5 cm³/mol. The first-order valence-electron chi connectivity index (χ1n) is 5.15. The number of nitrogens with two attached hydrogens (primary N) is 1. The van der Waals surface area contributed by atoms with Gasteiger partial charge in [-0.3, -0.25) is 0 Å². The van der Waals surface area contributed by atoms with Crippen molar-refractivity contribution in [2.45, 2.75) is 6.92 Å². The molecule has 2 aromatic rings. The molecule has 5 nitrogen and oxygen atoms in total. The normalized spacial score (nSPS) is 10.1. The van der Waals surface area contributed by atoms with Crippen LogP contribution in [0.25, 0.3) is 5.52 Å². The number of hydrogen-bond donors (Lipinski definition) is 1. The van der Waals surface area contributed by atoms with Gasteiger partial charge in [0.1, 0.15) is 6.07 Å². The van der Waals surface area contributed by atoms with Crippen molar-refractivity contribution in [3.8, 4) is 6.07 Å². The van der Waals surface area contributed by atoms with Crippen LogP contribution in [-0.4, -0.2) is 17.0 Å². The standard InChI is InChI=1S/C12H11N3O2/c1-2-17-12(16)11-10(14)8(7-13)6-9-4-3-5-15(9)11/h3-6H,2,14H2,1H3. The summed E-state index contributed by atoms with van der Waals surface area (Å²) in [5.41, 5.74) is 7.17. The number of rotatable bonds is 2. The van der Waals surface area contributed by atoms with Crippen LogP contribution in [0.5, 0.6) is 0 Å². The van der Waals surface area contributed by atoms with E-state index < -0.39 is 5.97 Å². The Bertz CT molecular complexity index is 622. The van der Waals surface area contributed by atoms with Crippen LogP contribution in [0.2, 0.25) is 0 Å². The highest BCUT2D eigenvalue weighted by atomic mass is 16.5. The zero-order valence-corrected chi connectivity index (χ0v) is 9.30. The fourth-order valence-electron chi connectivity index (χ4n) is 1.70. The molecule has 0 amide bonds. The molecule has 2 heterocycles. The topological polar surface area (TPSA) is 80.5 Å². The van der Waals surface area contributed by atoms with Crippen LogP contribution in [0.4, 0.5) is 5.69 Å². The summed E-state index contributed by atoms with van der Waals surface area (Å²) in [5.74, 6) is -0.525. The van der Waals surface area contributed by atoms with Gasteiger partial charge in [0, 0.05) is 11.7 Å². The second-order valence-corrected chi connectivity index (χ2v) is 3.46. The largest absolute Gasteiger partial charge is 0.461 e. The second kappa shape index (κ2) is 4.18. The number of esters is 1. The summed E-state index contributed by atoms with van der Waals surface area (Å²) >= 11 is 0. The minimum absolute atomic E-state index is 0.148. The Morgan fingerprint density at radius 2 is 2.41 bits per heavy atom. The van der Waals surface area contributed by atoms with Gasteiger partial charge in [-0.1, -0.05) is 0 Å². The van der Waals surface area contributed by atoms with Gasteiger partial charge in [-0.25, -0.2) is 4.79 Å². The van der Waals surface area contributed by atoms with E-state index in [0.717, 1.165) is 5.52 Å². The first kappa shape index (κ1) is 11.0. The van der Waals surface area contributed by atoms with Crippen LogP contribution in [0, 0.1) is 11.3 Å². The number of carbonyl (C=O) groups is 1. The first-order chi connectivity index (χ1) is 8.19. The minimum atomic E-state index is -0.525. The van der Waals surface area contributed by atoms with E-state index in [1.54, 1.807) is 35.7 Å². The summed E-state index contributed by atoms with van der Waals surface area (Å²) in [6, 6.07) is 7.18. The molecular formula is C12H11N3O2. The maximum Gasteiger partial charge on any atom is 0.357 e. The van der Waals surface area contributed by atoms with E-state index >= 15 is 0 Å². The predicted octanol–water partition coefficient (Wildman–Crippen LogP) is 1.57. The number of hydrogen-bond acceptors (Lipinski definition) is 4. The van der Waals surface area contributed by atoms with Crippen LogP contribution >= 0.6 is 0 Å². The number of carbonyl (C=O) groups excluding carboxylic acids is 1. The molecule has 2 N–H and O–H groups in total. The molecule has 5 heteroatoms. The van der Waals surface area contributed by atoms with Gasteiger partial charge in [0.2, 0.25) is 0 Å². The highest BCUT2D eigenvalue weighted by Crippen LogP contribution is 2.21. The zero-order chi connectivity index (χ0) is 12.4. The highest BCUT2D eigenvalue weighted by Gasteiger charge is 2.18. The van der Waals surface area contributed by atoms with Gasteiger partial charge in [0.05, 0.1) is 17.9 Å². The van der Waals surface area contributed by atoms with E-state index in [1.165, 1.54) is 0 Å². The maximum absolute atomic E-state index is 11.8. The molecule has 0 saturated heterocycles. The third kappa shape index (κ3) is 1.70. The average molecular weight is 229 g/mol. The van der Waals surface area contributed by atoms with Crippen LogP contribution in [-0.2, 0) is 4.74 Å². The molecule has 0 fully saturated rings. The second-order valence-electron chi connectivity index (χ2n) is 3.46. The number of fused-ring (bicyclic) bond motifs is 1. The van der Waals surface area contributed by atoms with Crippen molar-refractivity contribution in [2.75, 3.05) is 12.3 Å². The lowest BCUT2D eigenvalue weighted by molar-refractivity contribution is 0.0519. The van der Waals surface area contributed by atoms with E-state index in [2.05, 4.69) is 0 Å². The smallest absolute Gasteiger partial charge is 0.357 e. The maximum atomic E-state index is 11.8. The molecule has 0 spiro atoms. The molecule has 0 aromatic carbocycles. The molecule has 0 aliphatic carbocycles. The Balaban J connectivity index is 2.74. The van der Waals surface area contributed by atoms with E-state index in [4.69, 9.17) is 15.7 Å². The number of anilines is 1. The molecule has 17 heavy (non-hydrogen) atoms. The van der Waals surface area contributed by atoms with Crippen LogP contribution in [0.1, 0.15) is 23.0 Å². The number of nitrogens with zero attached hydrogens (tertiary/aromatic N) is 2. The quantitative estimate of drug-likeness (QED) is 0.792. The van der Waals surface area contributed by atoms with Crippen LogP contribution in [0.15, 0.2) is 24.4 Å². The van der Waals surface area contributed by atoms with Crippen molar-refractivity contribution >= 4 is 17.2 Å². The summed E-state index contributed by atoms with van der Waals surface area (Å²) < 4.78 is 6.56. The molecule has 0 bridgehead atoms. The van der Waals surface area contributed by atoms with Crippen molar-refractivity contribution in [3.05, 3.63) is 35.7 Å². The first-order valence-corrected chi connectivity index (χ1v) is 5.15. The summed E-state index contributed by atoms with van der Waals surface area (Å²) in [4.78, 5) is 11.8. The summed E-state index contributed by atoms with van der Waals surface area (Å²) in [6.07, 6.45) is 1.71. The van der Waals surface area contributed by atoms with Crippen molar-refractivity contribution < 1.29 is 9.53 Å². The molecule has 0 aliphatic heterocycles. The molecule has 86 valence electrons. The number of aromatic nitrogens is 1. The Hall–Kier alpha value is -2.48. The Morgan fingerprint density at radius 3 is 3.06 bits per heavy atom. The van der Waals surface area contributed by atoms with Gasteiger partial charge in [-0.2, -0.15) is 5.26 Å². The van der Waals surface area contributed by atoms with Crippen molar-refractivity contribution in [1.82, 2.24) is 4.40 Å². The lowest BCUT2D eigenvalue weighted by Crippen LogP contribution is -2.14. The number of nitrogen functional groups attached to an aromatic ring is 1. The number of nitriles is 1. The fourth-order valence-corrected chi connectivity index (χ4v) is 1.70. The molecule has 0 unspecified atom stereocenters. The van der Waals surface area contributed by atoms with Gasteiger partial charge in [0.25, 0.3) is 0 Å². The Morgan fingerprint density at radius 1 is 1.65 bits per heavy atom. The molecule has 0 atom stereocenters. The average Bonchev–Trinajstić information content (AvgIpc) is 2.75. The zero-order valence-electron chi connectivity index (χ0n) is 9.30. The summed E-state index contributed by atoms with van der Waals surface area (Å²) in [7, 11) is 0. The third-order valence-electron chi connectivity index (χ3n) is 2.45. The molecule has 2 aromatic heterocycles. The number of ether oxygens (including phenoxy) is 1. The monoisotopic (exact) mass is 229 g/mol. The molecule has 0 aliphatic rings. The summed E-state index contributed by atoms with van der Waals surface area (Å²) in [6.45, 7) is 1.98. The van der Waals surface area contributed by atoms with Crippen LogP contribution in [0.3, 0.4) is 0 Å². The van der Waals surface area contributed by atoms with Crippen LogP contribution < -0.4 is 5.73 Å². The van der Waals surface area contributed by atoms with Gasteiger partial charge >= 0.3 is 5.97 Å². The SMILES string of the molecule is CCOC(=O)c1c(N)c(C#N)cc2cccn12. The van der Waals surface area contributed by atoms with Crippen molar-refractivity contribution in [3.63, 3.8) is 0 Å². The Kier molecular flexibility index (Phi) is 2.71. The lowest BCUT2D eigenvalue weighted by atomic mass is 10.1. The summed E-state index contributed by atoms with van der Waals surface area (Å²) in [5, 5.41) is 8.96. The van der Waals surface area contributed by atoms with Gasteiger partial charge < -0.3 is 14.9 Å². The molecule has 0 saturated carbocycles. The lowest BCUT2D eigenvalue weighted by Gasteiger charge is -2.10. The van der Waals surface area contributed by atoms with Gasteiger partial charge in [-0.05, 0) is 25.1 Å². The van der Waals surface area contributed by atoms with E-state index in [-0.39, 0.29) is 23.6 Å². The highest BCUT2D eigenvalue weighted by molar-refractivity contribution is 5.96. The Labute approximate surface area is 98.0 Å². The van der Waals surface area contributed by atoms with E-state index in [1.807, 2.05) is 6.07 Å². The molecule has 0 radical (unpaired) electrons. The number of pyridine rings is 1. The molecular weight excluding hydrogens is 218 g/mol. The van der Waals surface area contributed by atoms with Gasteiger partial charge in [0.15, 0.2) is 5.69 Å². The third-order valence-corrected chi connectivity index (χ3v) is 2.45. The fraction of sp³-hybridized carbons (Fsp3) is 0.167. The molecule has 2 rings (SSSR count). The van der Waals surface area contributed by atoms with E-state index in [0.29, 0.717) is 0 Å².